The van der Waals surface area contributed by atoms with Crippen molar-refractivity contribution in [3.05, 3.63) is 0 Å². The summed E-state index contributed by atoms with van der Waals surface area (Å²) < 4.78 is 5.93. The molecule has 5 heteroatoms. The number of piperidine rings is 1. The fourth-order valence-electron chi connectivity index (χ4n) is 5.32. The van der Waals surface area contributed by atoms with Gasteiger partial charge in [0.2, 0.25) is 0 Å². The van der Waals surface area contributed by atoms with Crippen LogP contribution in [0.15, 0.2) is 0 Å². The van der Waals surface area contributed by atoms with Crippen LogP contribution in [0.1, 0.15) is 39.0 Å². The SMILES string of the molecule is CC1CC2CC(C1)C2NC1COC1C1CCC(Cl)N(C)C1Cl. The van der Waals surface area contributed by atoms with Crippen molar-refractivity contribution < 1.29 is 4.74 Å². The fraction of sp³-hybridized carbons (Fsp3) is 1.00. The molecule has 3 saturated carbocycles. The van der Waals surface area contributed by atoms with E-state index in [0.29, 0.717) is 12.0 Å². The number of rotatable bonds is 3. The lowest BCUT2D eigenvalue weighted by Gasteiger charge is -2.56. The Morgan fingerprint density at radius 1 is 1.09 bits per heavy atom. The first-order valence-electron chi connectivity index (χ1n) is 8.92. The van der Waals surface area contributed by atoms with Crippen molar-refractivity contribution in [3.63, 3.8) is 0 Å². The molecule has 126 valence electrons. The second-order valence-corrected chi connectivity index (χ2v) is 9.09. The van der Waals surface area contributed by atoms with E-state index < -0.39 is 0 Å². The Balaban J connectivity index is 1.35. The van der Waals surface area contributed by atoms with Gasteiger partial charge in [-0.1, -0.05) is 6.92 Å². The largest absolute Gasteiger partial charge is 0.374 e. The monoisotopic (exact) mass is 346 g/mol. The van der Waals surface area contributed by atoms with Gasteiger partial charge in [0.25, 0.3) is 0 Å². The highest BCUT2D eigenvalue weighted by Gasteiger charge is 2.51. The van der Waals surface area contributed by atoms with E-state index in [2.05, 4.69) is 17.1 Å². The number of ether oxygens (including phenoxy) is 1. The third-order valence-corrected chi connectivity index (χ3v) is 7.80. The van der Waals surface area contributed by atoms with Gasteiger partial charge < -0.3 is 10.1 Å². The summed E-state index contributed by atoms with van der Waals surface area (Å²) in [6.07, 6.45) is 6.61. The maximum Gasteiger partial charge on any atom is 0.0913 e. The summed E-state index contributed by atoms with van der Waals surface area (Å²) in [7, 11) is 2.03. The summed E-state index contributed by atoms with van der Waals surface area (Å²) in [5.41, 5.74) is 0.0597. The number of alkyl halides is 2. The van der Waals surface area contributed by atoms with Gasteiger partial charge in [-0.05, 0) is 56.9 Å². The van der Waals surface area contributed by atoms with Gasteiger partial charge in [-0.15, -0.1) is 23.2 Å². The highest BCUT2D eigenvalue weighted by atomic mass is 35.5. The van der Waals surface area contributed by atoms with Crippen LogP contribution in [0.25, 0.3) is 0 Å². The van der Waals surface area contributed by atoms with E-state index in [1.807, 2.05) is 7.05 Å². The van der Waals surface area contributed by atoms with Gasteiger partial charge in [0.05, 0.1) is 29.8 Å². The lowest BCUT2D eigenvalue weighted by atomic mass is 9.58. The van der Waals surface area contributed by atoms with E-state index >= 15 is 0 Å². The molecule has 5 fully saturated rings. The van der Waals surface area contributed by atoms with Crippen LogP contribution in [-0.2, 0) is 4.74 Å². The first kappa shape index (κ1) is 16.0. The van der Waals surface area contributed by atoms with Crippen LogP contribution in [0.4, 0.5) is 0 Å². The van der Waals surface area contributed by atoms with Crippen molar-refractivity contribution >= 4 is 23.2 Å². The highest BCUT2D eigenvalue weighted by molar-refractivity contribution is 6.23. The van der Waals surface area contributed by atoms with Crippen LogP contribution < -0.4 is 5.32 Å². The number of hydrogen-bond acceptors (Lipinski definition) is 3. The van der Waals surface area contributed by atoms with Gasteiger partial charge in [0.15, 0.2) is 0 Å². The normalized spacial score (nSPS) is 55.4. The van der Waals surface area contributed by atoms with Crippen LogP contribution >= 0.6 is 23.2 Å². The zero-order chi connectivity index (χ0) is 15.4. The predicted octanol–water partition coefficient (Wildman–Crippen LogP) is 3.25. The molecule has 3 nitrogen and oxygen atoms in total. The lowest BCUT2D eigenvalue weighted by Crippen LogP contribution is -2.67. The quantitative estimate of drug-likeness (QED) is 0.627. The summed E-state index contributed by atoms with van der Waals surface area (Å²) in [6.45, 7) is 3.26. The Labute approximate surface area is 144 Å². The van der Waals surface area contributed by atoms with Gasteiger partial charge in [-0.2, -0.15) is 0 Å². The average Bonchev–Trinajstić information content (AvgIpc) is 2.46. The molecule has 7 unspecified atom stereocenters. The summed E-state index contributed by atoms with van der Waals surface area (Å²) in [4.78, 5) is 2.09. The molecule has 0 aromatic heterocycles. The van der Waals surface area contributed by atoms with Gasteiger partial charge in [-0.25, -0.2) is 0 Å². The summed E-state index contributed by atoms with van der Waals surface area (Å²) >= 11 is 12.9. The second-order valence-electron chi connectivity index (χ2n) is 8.14. The minimum Gasteiger partial charge on any atom is -0.374 e. The molecule has 0 aromatic carbocycles. The van der Waals surface area contributed by atoms with Gasteiger partial charge >= 0.3 is 0 Å². The summed E-state index contributed by atoms with van der Waals surface area (Å²) in [5.74, 6) is 3.13. The van der Waals surface area contributed by atoms with Gasteiger partial charge in [0, 0.05) is 12.0 Å². The first-order chi connectivity index (χ1) is 10.5. The molecule has 5 rings (SSSR count). The van der Waals surface area contributed by atoms with Crippen LogP contribution in [0.3, 0.4) is 0 Å². The van der Waals surface area contributed by atoms with Crippen molar-refractivity contribution in [2.24, 2.45) is 23.7 Å². The Morgan fingerprint density at radius 3 is 2.45 bits per heavy atom. The second kappa shape index (κ2) is 6.07. The zero-order valence-corrected chi connectivity index (χ0v) is 15.1. The summed E-state index contributed by atoms with van der Waals surface area (Å²) in [6, 6.07) is 1.23. The third kappa shape index (κ3) is 2.61. The Morgan fingerprint density at radius 2 is 1.82 bits per heavy atom. The van der Waals surface area contributed by atoms with Gasteiger partial charge in [-0.3, -0.25) is 4.90 Å². The fourth-order valence-corrected chi connectivity index (χ4v) is 6.03. The van der Waals surface area contributed by atoms with Crippen LogP contribution in [0.5, 0.6) is 0 Å². The lowest BCUT2D eigenvalue weighted by molar-refractivity contribution is -0.147. The van der Waals surface area contributed by atoms with E-state index in [4.69, 9.17) is 27.9 Å². The van der Waals surface area contributed by atoms with E-state index in [9.17, 15) is 0 Å². The number of likely N-dealkylation sites (tertiary alicyclic amines) is 1. The topological polar surface area (TPSA) is 24.5 Å². The molecule has 1 N–H and O–H groups in total. The number of halogens is 2. The molecule has 0 amide bonds. The molecule has 0 aromatic rings. The molecule has 5 aliphatic rings. The van der Waals surface area contributed by atoms with Crippen LogP contribution in [-0.4, -0.2) is 47.7 Å². The maximum absolute atomic E-state index is 6.63. The minimum atomic E-state index is -0.00763. The molecular formula is C17H28Cl2N2O. The predicted molar refractivity (Wildman–Crippen MR) is 90.2 cm³/mol. The van der Waals surface area contributed by atoms with E-state index in [1.54, 1.807) is 0 Å². The molecule has 2 bridgehead atoms. The molecular weight excluding hydrogens is 319 g/mol. The van der Waals surface area contributed by atoms with Crippen molar-refractivity contribution in [1.82, 2.24) is 10.2 Å². The van der Waals surface area contributed by atoms with E-state index in [1.165, 1.54) is 19.3 Å². The highest BCUT2D eigenvalue weighted by Crippen LogP contribution is 2.49. The first-order valence-corrected chi connectivity index (χ1v) is 9.79. The molecule has 7 atom stereocenters. The standard InChI is InChI=1S/C17H28Cl2N2O/c1-9-5-10-7-11(6-9)15(10)20-13-8-22-16(13)12-3-4-14(18)21(2)17(12)19/h9-17,20H,3-8H2,1-2H3. The maximum atomic E-state index is 6.63. The molecule has 22 heavy (non-hydrogen) atoms. The molecule has 2 saturated heterocycles. The third-order valence-electron chi connectivity index (χ3n) is 6.65. The Hall–Kier alpha value is 0.460. The minimum absolute atomic E-state index is 0.00763. The molecule has 3 aliphatic carbocycles. The number of nitrogens with one attached hydrogen (secondary N) is 1. The van der Waals surface area contributed by atoms with Crippen molar-refractivity contribution in [3.8, 4) is 0 Å². The molecule has 2 heterocycles. The van der Waals surface area contributed by atoms with E-state index in [0.717, 1.165) is 43.2 Å². The van der Waals surface area contributed by atoms with Crippen molar-refractivity contribution in [1.29, 1.82) is 0 Å². The number of fused-ring (bicyclic) bond motifs is 2. The number of hydrogen-bond donors (Lipinski definition) is 1. The molecule has 0 radical (unpaired) electrons. The number of nitrogens with zero attached hydrogens (tertiary/aromatic N) is 1. The smallest absolute Gasteiger partial charge is 0.0913 e. The average molecular weight is 347 g/mol. The van der Waals surface area contributed by atoms with Crippen molar-refractivity contribution in [2.45, 2.75) is 68.2 Å². The van der Waals surface area contributed by atoms with Crippen LogP contribution in [0.2, 0.25) is 0 Å². The van der Waals surface area contributed by atoms with E-state index in [-0.39, 0.29) is 17.1 Å². The molecule has 0 spiro atoms. The Bertz CT molecular complexity index is 411. The summed E-state index contributed by atoms with van der Waals surface area (Å²) in [5, 5.41) is 3.93. The Kier molecular flexibility index (Phi) is 4.41. The molecule has 2 aliphatic heterocycles. The zero-order valence-electron chi connectivity index (χ0n) is 13.6. The van der Waals surface area contributed by atoms with Crippen LogP contribution in [0, 0.1) is 23.7 Å². The van der Waals surface area contributed by atoms with Gasteiger partial charge in [0.1, 0.15) is 0 Å². The van der Waals surface area contributed by atoms with Crippen molar-refractivity contribution in [2.75, 3.05) is 13.7 Å².